The third kappa shape index (κ3) is 2.03. The van der Waals surface area contributed by atoms with E-state index in [0.29, 0.717) is 12.1 Å². The monoisotopic (exact) mass is 183 g/mol. The van der Waals surface area contributed by atoms with E-state index in [0.717, 1.165) is 6.42 Å². The van der Waals surface area contributed by atoms with Crippen molar-refractivity contribution in [2.75, 3.05) is 33.2 Å². The van der Waals surface area contributed by atoms with Gasteiger partial charge in [-0.15, -0.1) is 0 Å². The van der Waals surface area contributed by atoms with Crippen LogP contribution in [-0.4, -0.2) is 55.1 Å². The number of piperidine rings is 1. The lowest BCUT2D eigenvalue weighted by molar-refractivity contribution is 0.115. The van der Waals surface area contributed by atoms with Crippen molar-refractivity contribution in [3.05, 3.63) is 0 Å². The highest BCUT2D eigenvalue weighted by Crippen LogP contribution is 2.18. The summed E-state index contributed by atoms with van der Waals surface area (Å²) in [6.45, 7) is 4.88. The van der Waals surface area contributed by atoms with Gasteiger partial charge in [-0.3, -0.25) is 4.90 Å². The minimum atomic E-state index is 0.411. The standard InChI is InChI=1S/C10H21N3/c1-12-7-4-9(11)10(8-12)13-5-2-3-6-13/h9-10H,2-8,11H2,1H3. The maximum absolute atomic E-state index is 6.15. The maximum Gasteiger partial charge on any atom is 0.0374 e. The first kappa shape index (κ1) is 9.44. The van der Waals surface area contributed by atoms with E-state index in [1.807, 2.05) is 0 Å². The van der Waals surface area contributed by atoms with Crippen LogP contribution in [0.3, 0.4) is 0 Å². The molecular weight excluding hydrogens is 162 g/mol. The lowest BCUT2D eigenvalue weighted by atomic mass is 9.99. The lowest BCUT2D eigenvalue weighted by Crippen LogP contribution is -2.56. The summed E-state index contributed by atoms with van der Waals surface area (Å²) in [6, 6.07) is 1.04. The van der Waals surface area contributed by atoms with Crippen molar-refractivity contribution >= 4 is 0 Å². The summed E-state index contributed by atoms with van der Waals surface area (Å²) in [4.78, 5) is 4.99. The number of hydrogen-bond donors (Lipinski definition) is 1. The van der Waals surface area contributed by atoms with Crippen LogP contribution in [0.1, 0.15) is 19.3 Å². The Morgan fingerprint density at radius 3 is 2.54 bits per heavy atom. The molecular formula is C10H21N3. The highest BCUT2D eigenvalue weighted by molar-refractivity contribution is 4.90. The van der Waals surface area contributed by atoms with Crippen LogP contribution in [-0.2, 0) is 0 Å². The molecule has 2 N–H and O–H groups in total. The van der Waals surface area contributed by atoms with Gasteiger partial charge in [0, 0.05) is 18.6 Å². The molecule has 0 amide bonds. The molecule has 2 saturated heterocycles. The molecule has 2 aliphatic heterocycles. The van der Waals surface area contributed by atoms with Crippen LogP contribution in [0.15, 0.2) is 0 Å². The van der Waals surface area contributed by atoms with E-state index >= 15 is 0 Å². The summed E-state index contributed by atoms with van der Waals surface area (Å²) in [5.74, 6) is 0. The minimum Gasteiger partial charge on any atom is -0.326 e. The first-order chi connectivity index (χ1) is 6.27. The number of likely N-dealkylation sites (tertiary alicyclic amines) is 2. The van der Waals surface area contributed by atoms with Crippen LogP contribution < -0.4 is 5.73 Å². The molecule has 0 radical (unpaired) electrons. The average molecular weight is 183 g/mol. The SMILES string of the molecule is CN1CCC(N)C(N2CCCC2)C1. The zero-order valence-corrected chi connectivity index (χ0v) is 8.58. The fraction of sp³-hybridized carbons (Fsp3) is 1.00. The van der Waals surface area contributed by atoms with Gasteiger partial charge in [-0.05, 0) is 45.9 Å². The van der Waals surface area contributed by atoms with Crippen molar-refractivity contribution in [2.45, 2.75) is 31.3 Å². The molecule has 0 bridgehead atoms. The largest absolute Gasteiger partial charge is 0.326 e. The highest BCUT2D eigenvalue weighted by Gasteiger charge is 2.30. The Bertz CT molecular complexity index is 166. The Balaban J connectivity index is 1.94. The molecule has 2 heterocycles. The summed E-state index contributed by atoms with van der Waals surface area (Å²) in [7, 11) is 2.20. The van der Waals surface area contributed by atoms with Crippen molar-refractivity contribution in [1.29, 1.82) is 0 Å². The Kier molecular flexibility index (Phi) is 2.86. The Hall–Kier alpha value is -0.120. The van der Waals surface area contributed by atoms with Crippen LogP contribution in [0.4, 0.5) is 0 Å². The van der Waals surface area contributed by atoms with Crippen molar-refractivity contribution in [2.24, 2.45) is 5.73 Å². The molecule has 0 saturated carbocycles. The van der Waals surface area contributed by atoms with Gasteiger partial charge in [-0.1, -0.05) is 0 Å². The highest BCUT2D eigenvalue weighted by atomic mass is 15.2. The molecule has 2 unspecified atom stereocenters. The van der Waals surface area contributed by atoms with E-state index < -0.39 is 0 Å². The zero-order valence-electron chi connectivity index (χ0n) is 8.58. The van der Waals surface area contributed by atoms with Gasteiger partial charge in [0.2, 0.25) is 0 Å². The summed E-state index contributed by atoms with van der Waals surface area (Å²) < 4.78 is 0. The second-order valence-corrected chi connectivity index (χ2v) is 4.53. The van der Waals surface area contributed by atoms with Gasteiger partial charge >= 0.3 is 0 Å². The fourth-order valence-corrected chi connectivity index (χ4v) is 2.57. The number of nitrogens with two attached hydrogens (primary N) is 1. The summed E-state index contributed by atoms with van der Waals surface area (Å²) in [6.07, 6.45) is 3.90. The van der Waals surface area contributed by atoms with Gasteiger partial charge in [0.05, 0.1) is 0 Å². The van der Waals surface area contributed by atoms with Crippen LogP contribution >= 0.6 is 0 Å². The molecule has 2 rings (SSSR count). The van der Waals surface area contributed by atoms with E-state index in [-0.39, 0.29) is 0 Å². The van der Waals surface area contributed by atoms with Crippen LogP contribution in [0.2, 0.25) is 0 Å². The van der Waals surface area contributed by atoms with Gasteiger partial charge in [0.15, 0.2) is 0 Å². The molecule has 0 aliphatic carbocycles. The minimum absolute atomic E-state index is 0.411. The van der Waals surface area contributed by atoms with Crippen molar-refractivity contribution in [1.82, 2.24) is 9.80 Å². The fourth-order valence-electron chi connectivity index (χ4n) is 2.57. The van der Waals surface area contributed by atoms with Gasteiger partial charge in [-0.2, -0.15) is 0 Å². The van der Waals surface area contributed by atoms with Crippen molar-refractivity contribution in [3.8, 4) is 0 Å². The summed E-state index contributed by atoms with van der Waals surface area (Å²) in [5.41, 5.74) is 6.15. The topological polar surface area (TPSA) is 32.5 Å². The Morgan fingerprint density at radius 2 is 1.85 bits per heavy atom. The number of hydrogen-bond acceptors (Lipinski definition) is 3. The summed E-state index contributed by atoms with van der Waals surface area (Å²) >= 11 is 0. The van der Waals surface area contributed by atoms with Gasteiger partial charge < -0.3 is 10.6 Å². The van der Waals surface area contributed by atoms with E-state index in [1.165, 1.54) is 39.0 Å². The number of likely N-dealkylation sites (N-methyl/N-ethyl adjacent to an activating group) is 1. The molecule has 0 spiro atoms. The first-order valence-corrected chi connectivity index (χ1v) is 5.45. The molecule has 0 aromatic rings. The van der Waals surface area contributed by atoms with Crippen LogP contribution in [0, 0.1) is 0 Å². The number of nitrogens with zero attached hydrogens (tertiary/aromatic N) is 2. The molecule has 3 heteroatoms. The number of rotatable bonds is 1. The zero-order chi connectivity index (χ0) is 9.26. The summed E-state index contributed by atoms with van der Waals surface area (Å²) in [5, 5.41) is 0. The van der Waals surface area contributed by atoms with E-state index in [9.17, 15) is 0 Å². The van der Waals surface area contributed by atoms with E-state index in [4.69, 9.17) is 5.73 Å². The normalized spacial score (nSPS) is 38.3. The lowest BCUT2D eigenvalue weighted by Gasteiger charge is -2.40. The third-order valence-electron chi connectivity index (χ3n) is 3.45. The van der Waals surface area contributed by atoms with Gasteiger partial charge in [0.25, 0.3) is 0 Å². The quantitative estimate of drug-likeness (QED) is 0.626. The van der Waals surface area contributed by atoms with Gasteiger partial charge in [-0.25, -0.2) is 0 Å². The predicted molar refractivity (Wildman–Crippen MR) is 54.7 cm³/mol. The molecule has 2 fully saturated rings. The molecule has 0 aromatic carbocycles. The molecule has 76 valence electrons. The second-order valence-electron chi connectivity index (χ2n) is 4.53. The molecule has 3 nitrogen and oxygen atoms in total. The van der Waals surface area contributed by atoms with Crippen molar-refractivity contribution < 1.29 is 0 Å². The Labute approximate surface area is 80.9 Å². The van der Waals surface area contributed by atoms with Gasteiger partial charge in [0.1, 0.15) is 0 Å². The van der Waals surface area contributed by atoms with E-state index in [2.05, 4.69) is 16.8 Å². The van der Waals surface area contributed by atoms with E-state index in [1.54, 1.807) is 0 Å². The van der Waals surface area contributed by atoms with Crippen LogP contribution in [0.5, 0.6) is 0 Å². The molecule has 2 atom stereocenters. The average Bonchev–Trinajstić information content (AvgIpc) is 2.61. The predicted octanol–water partition coefficient (Wildman–Crippen LogP) is 0.114. The molecule has 0 aromatic heterocycles. The smallest absolute Gasteiger partial charge is 0.0374 e. The van der Waals surface area contributed by atoms with Crippen molar-refractivity contribution in [3.63, 3.8) is 0 Å². The molecule has 2 aliphatic rings. The second kappa shape index (κ2) is 3.95. The first-order valence-electron chi connectivity index (χ1n) is 5.45. The maximum atomic E-state index is 6.15. The Morgan fingerprint density at radius 1 is 1.15 bits per heavy atom. The van der Waals surface area contributed by atoms with Crippen LogP contribution in [0.25, 0.3) is 0 Å². The molecule has 13 heavy (non-hydrogen) atoms. The third-order valence-corrected chi connectivity index (χ3v) is 3.45.